The molecule has 1 amide bonds. The Morgan fingerprint density at radius 3 is 2.93 bits per heavy atom. The summed E-state index contributed by atoms with van der Waals surface area (Å²) in [5.41, 5.74) is 2.01. The van der Waals surface area contributed by atoms with Gasteiger partial charge in [0.15, 0.2) is 11.5 Å². The van der Waals surface area contributed by atoms with Gasteiger partial charge in [-0.3, -0.25) is 4.79 Å². The topological polar surface area (TPSA) is 73.9 Å². The molecule has 0 spiro atoms. The van der Waals surface area contributed by atoms with Gasteiger partial charge >= 0.3 is 5.97 Å². The van der Waals surface area contributed by atoms with Gasteiger partial charge in [-0.2, -0.15) is 0 Å². The van der Waals surface area contributed by atoms with E-state index in [0.29, 0.717) is 40.2 Å². The van der Waals surface area contributed by atoms with Crippen molar-refractivity contribution in [3.05, 3.63) is 39.8 Å². The van der Waals surface area contributed by atoms with Crippen LogP contribution in [-0.4, -0.2) is 25.3 Å². The SMILES string of the molecule is CCCOC(=O)c1c(NC(=O)c2ccc3c(c2)OCO3)sc2c1CC[C@@H](C)C2. The zero-order valence-electron chi connectivity index (χ0n) is 16.0. The molecule has 1 atom stereocenters. The summed E-state index contributed by atoms with van der Waals surface area (Å²) in [5, 5.41) is 3.50. The Hall–Kier alpha value is -2.54. The fourth-order valence-corrected chi connectivity index (χ4v) is 4.93. The third-order valence-corrected chi connectivity index (χ3v) is 6.18. The van der Waals surface area contributed by atoms with E-state index in [1.54, 1.807) is 18.2 Å². The van der Waals surface area contributed by atoms with Crippen molar-refractivity contribution in [2.45, 2.75) is 39.5 Å². The third kappa shape index (κ3) is 3.58. The van der Waals surface area contributed by atoms with Gasteiger partial charge in [0.1, 0.15) is 5.00 Å². The van der Waals surface area contributed by atoms with E-state index in [1.807, 2.05) is 6.92 Å². The fourth-order valence-electron chi connectivity index (χ4n) is 3.53. The second-order valence-electron chi connectivity index (χ2n) is 7.21. The first-order chi connectivity index (χ1) is 13.6. The van der Waals surface area contributed by atoms with Gasteiger partial charge < -0.3 is 19.5 Å². The molecule has 28 heavy (non-hydrogen) atoms. The van der Waals surface area contributed by atoms with E-state index in [-0.39, 0.29) is 18.7 Å². The van der Waals surface area contributed by atoms with Crippen LogP contribution in [0.25, 0.3) is 0 Å². The molecule has 2 heterocycles. The molecule has 1 aromatic carbocycles. The number of benzene rings is 1. The van der Waals surface area contributed by atoms with Gasteiger partial charge in [0.2, 0.25) is 6.79 Å². The minimum atomic E-state index is -0.352. The van der Waals surface area contributed by atoms with Crippen molar-refractivity contribution >= 4 is 28.2 Å². The first-order valence-electron chi connectivity index (χ1n) is 9.59. The molecule has 0 radical (unpaired) electrons. The minimum absolute atomic E-state index is 0.156. The predicted octanol–water partition coefficient (Wildman–Crippen LogP) is 4.42. The number of carbonyl (C=O) groups is 2. The van der Waals surface area contributed by atoms with E-state index in [9.17, 15) is 9.59 Å². The Kier molecular flexibility index (Phi) is 5.26. The van der Waals surface area contributed by atoms with Crippen LogP contribution in [0, 0.1) is 5.92 Å². The highest BCUT2D eigenvalue weighted by molar-refractivity contribution is 7.17. The number of nitrogens with one attached hydrogen (secondary N) is 1. The molecule has 2 aromatic rings. The molecular weight excluding hydrogens is 378 g/mol. The summed E-state index contributed by atoms with van der Waals surface area (Å²) >= 11 is 1.49. The van der Waals surface area contributed by atoms with E-state index in [2.05, 4.69) is 12.2 Å². The molecule has 0 saturated carbocycles. The van der Waals surface area contributed by atoms with Crippen LogP contribution < -0.4 is 14.8 Å². The van der Waals surface area contributed by atoms with Gasteiger partial charge in [0.05, 0.1) is 12.2 Å². The molecule has 0 fully saturated rings. The highest BCUT2D eigenvalue weighted by atomic mass is 32.1. The van der Waals surface area contributed by atoms with Gasteiger partial charge in [-0.1, -0.05) is 13.8 Å². The van der Waals surface area contributed by atoms with E-state index in [1.165, 1.54) is 16.2 Å². The Balaban J connectivity index is 1.63. The van der Waals surface area contributed by atoms with Crippen molar-refractivity contribution in [2.75, 3.05) is 18.7 Å². The first kappa shape index (κ1) is 18.8. The quantitative estimate of drug-likeness (QED) is 0.751. The number of fused-ring (bicyclic) bond motifs is 2. The van der Waals surface area contributed by atoms with E-state index in [0.717, 1.165) is 31.2 Å². The Morgan fingerprint density at radius 2 is 2.11 bits per heavy atom. The minimum Gasteiger partial charge on any atom is -0.462 e. The Morgan fingerprint density at radius 1 is 1.29 bits per heavy atom. The largest absolute Gasteiger partial charge is 0.462 e. The molecule has 1 aliphatic carbocycles. The zero-order chi connectivity index (χ0) is 19.7. The molecule has 0 bridgehead atoms. The summed E-state index contributed by atoms with van der Waals surface area (Å²) in [7, 11) is 0. The molecule has 0 saturated heterocycles. The lowest BCUT2D eigenvalue weighted by Gasteiger charge is -2.18. The smallest absolute Gasteiger partial charge is 0.341 e. The second-order valence-corrected chi connectivity index (χ2v) is 8.32. The molecular formula is C21H23NO5S. The third-order valence-electron chi connectivity index (χ3n) is 5.01. The first-order valence-corrected chi connectivity index (χ1v) is 10.4. The lowest BCUT2D eigenvalue weighted by Crippen LogP contribution is -2.17. The average Bonchev–Trinajstić information content (AvgIpc) is 3.28. The molecule has 1 N–H and O–H groups in total. The van der Waals surface area contributed by atoms with E-state index in [4.69, 9.17) is 14.2 Å². The number of hydrogen-bond acceptors (Lipinski definition) is 6. The maximum Gasteiger partial charge on any atom is 0.341 e. The van der Waals surface area contributed by atoms with Crippen LogP contribution in [0.4, 0.5) is 5.00 Å². The van der Waals surface area contributed by atoms with Crippen molar-refractivity contribution in [1.29, 1.82) is 0 Å². The Bertz CT molecular complexity index is 920. The van der Waals surface area contributed by atoms with Crippen LogP contribution in [0.3, 0.4) is 0 Å². The molecule has 1 aromatic heterocycles. The van der Waals surface area contributed by atoms with Crippen molar-refractivity contribution in [1.82, 2.24) is 0 Å². The molecule has 148 valence electrons. The lowest BCUT2D eigenvalue weighted by atomic mass is 9.88. The molecule has 4 rings (SSSR count). The fraction of sp³-hybridized carbons (Fsp3) is 0.429. The van der Waals surface area contributed by atoms with Crippen LogP contribution >= 0.6 is 11.3 Å². The van der Waals surface area contributed by atoms with Gasteiger partial charge in [-0.25, -0.2) is 4.79 Å². The summed E-state index contributed by atoms with van der Waals surface area (Å²) < 4.78 is 16.0. The summed E-state index contributed by atoms with van der Waals surface area (Å²) in [5.74, 6) is 1.11. The molecule has 6 nitrogen and oxygen atoms in total. The molecule has 7 heteroatoms. The normalized spacial score (nSPS) is 17.1. The lowest BCUT2D eigenvalue weighted by molar-refractivity contribution is 0.0505. The zero-order valence-corrected chi connectivity index (χ0v) is 16.8. The van der Waals surface area contributed by atoms with Crippen molar-refractivity contribution in [3.8, 4) is 11.5 Å². The van der Waals surface area contributed by atoms with Crippen LogP contribution in [0.1, 0.15) is 57.8 Å². The molecule has 2 aliphatic rings. The van der Waals surface area contributed by atoms with Crippen LogP contribution in [-0.2, 0) is 17.6 Å². The highest BCUT2D eigenvalue weighted by Gasteiger charge is 2.29. The van der Waals surface area contributed by atoms with Crippen LogP contribution in [0.15, 0.2) is 18.2 Å². The van der Waals surface area contributed by atoms with Gasteiger partial charge in [0, 0.05) is 10.4 Å². The Labute approximate surface area is 167 Å². The summed E-state index contributed by atoms with van der Waals surface area (Å²) in [6, 6.07) is 5.06. The number of hydrogen-bond donors (Lipinski definition) is 1. The standard InChI is InChI=1S/C21H23NO5S/c1-3-8-25-21(24)18-14-6-4-12(2)9-17(14)28-20(18)22-19(23)13-5-7-15-16(10-13)27-11-26-15/h5,7,10,12H,3-4,6,8-9,11H2,1-2H3,(H,22,23)/t12-/m1/s1. The average molecular weight is 401 g/mol. The summed E-state index contributed by atoms with van der Waals surface area (Å²) in [4.78, 5) is 26.7. The number of amides is 1. The molecule has 1 aliphatic heterocycles. The van der Waals surface area contributed by atoms with Crippen molar-refractivity contribution in [3.63, 3.8) is 0 Å². The highest BCUT2D eigenvalue weighted by Crippen LogP contribution is 2.40. The number of carbonyl (C=O) groups excluding carboxylic acids is 2. The van der Waals surface area contributed by atoms with Gasteiger partial charge in [-0.05, 0) is 55.4 Å². The number of esters is 1. The molecule has 0 unspecified atom stereocenters. The number of anilines is 1. The van der Waals surface area contributed by atoms with E-state index >= 15 is 0 Å². The van der Waals surface area contributed by atoms with Crippen LogP contribution in [0.5, 0.6) is 11.5 Å². The van der Waals surface area contributed by atoms with E-state index < -0.39 is 0 Å². The predicted molar refractivity (Wildman–Crippen MR) is 107 cm³/mol. The summed E-state index contributed by atoms with van der Waals surface area (Å²) in [6.45, 7) is 4.70. The monoisotopic (exact) mass is 401 g/mol. The number of thiophene rings is 1. The van der Waals surface area contributed by atoms with Crippen LogP contribution in [0.2, 0.25) is 0 Å². The van der Waals surface area contributed by atoms with Gasteiger partial charge in [0.25, 0.3) is 5.91 Å². The maximum absolute atomic E-state index is 12.8. The van der Waals surface area contributed by atoms with Gasteiger partial charge in [-0.15, -0.1) is 11.3 Å². The summed E-state index contributed by atoms with van der Waals surface area (Å²) in [6.07, 6.45) is 3.55. The number of rotatable bonds is 5. The van der Waals surface area contributed by atoms with Crippen molar-refractivity contribution in [2.24, 2.45) is 5.92 Å². The van der Waals surface area contributed by atoms with Crippen molar-refractivity contribution < 1.29 is 23.8 Å². The second kappa shape index (κ2) is 7.83. The maximum atomic E-state index is 12.8. The number of ether oxygens (including phenoxy) is 3.